The van der Waals surface area contributed by atoms with Crippen LogP contribution < -0.4 is 15.5 Å². The summed E-state index contributed by atoms with van der Waals surface area (Å²) < 4.78 is 6.14. The minimum absolute atomic E-state index is 0.500. The molecule has 0 aliphatic carbocycles. The van der Waals surface area contributed by atoms with E-state index in [0.717, 1.165) is 58.5 Å². The van der Waals surface area contributed by atoms with E-state index in [1.165, 1.54) is 5.46 Å². The number of ether oxygens (including phenoxy) is 1. The molecular formula is C28H27BN6OS. The Hall–Kier alpha value is -4.11. The zero-order valence-electron chi connectivity index (χ0n) is 20.9. The van der Waals surface area contributed by atoms with E-state index in [-0.39, 0.29) is 0 Å². The standard InChI is InChI=1S/C28H27BN6OS/c1-3-11-32-28-33-17-26(37-28)24-15-23(34-27(35-24)25-16-30-12-13-31-25)21-14-20(9-10-22(21)29-2)36-18-19-7-5-4-6-8-19/h4-10,12-17,29H,3,11,18H2,1-2H3,(H,32,33). The van der Waals surface area contributed by atoms with E-state index in [9.17, 15) is 0 Å². The lowest BCUT2D eigenvalue weighted by atomic mass is 9.70. The van der Waals surface area contributed by atoms with Crippen LogP contribution in [-0.2, 0) is 6.61 Å². The third-order valence-corrected chi connectivity index (χ3v) is 6.77. The second-order valence-corrected chi connectivity index (χ2v) is 9.49. The molecule has 3 aromatic heterocycles. The van der Waals surface area contributed by atoms with Crippen molar-refractivity contribution in [1.29, 1.82) is 0 Å². The van der Waals surface area contributed by atoms with Crippen LogP contribution in [0.1, 0.15) is 18.9 Å². The monoisotopic (exact) mass is 506 g/mol. The lowest BCUT2D eigenvalue weighted by Gasteiger charge is -2.13. The summed E-state index contributed by atoms with van der Waals surface area (Å²) in [5.41, 5.74) is 5.53. The molecule has 0 spiro atoms. The van der Waals surface area contributed by atoms with Gasteiger partial charge in [0.25, 0.3) is 0 Å². The molecule has 2 aromatic carbocycles. The number of benzene rings is 2. The Morgan fingerprint density at radius 3 is 2.57 bits per heavy atom. The van der Waals surface area contributed by atoms with E-state index in [1.807, 2.05) is 36.5 Å². The van der Waals surface area contributed by atoms with E-state index in [4.69, 9.17) is 14.7 Å². The molecule has 5 rings (SSSR count). The fourth-order valence-corrected chi connectivity index (χ4v) is 4.68. The van der Waals surface area contributed by atoms with Crippen molar-refractivity contribution < 1.29 is 4.74 Å². The van der Waals surface area contributed by atoms with Gasteiger partial charge in [-0.1, -0.05) is 66.9 Å². The van der Waals surface area contributed by atoms with Gasteiger partial charge in [0.15, 0.2) is 18.2 Å². The van der Waals surface area contributed by atoms with E-state index in [0.29, 0.717) is 18.1 Å². The summed E-state index contributed by atoms with van der Waals surface area (Å²) in [7, 11) is 0.861. The van der Waals surface area contributed by atoms with E-state index in [1.54, 1.807) is 29.9 Å². The molecule has 0 saturated carbocycles. The molecule has 0 saturated heterocycles. The average Bonchev–Trinajstić information content (AvgIpc) is 3.45. The van der Waals surface area contributed by atoms with E-state index in [2.05, 4.69) is 58.3 Å². The largest absolute Gasteiger partial charge is 0.489 e. The third-order valence-electron chi connectivity index (χ3n) is 5.79. The molecule has 0 unspecified atom stereocenters. The summed E-state index contributed by atoms with van der Waals surface area (Å²) in [6, 6.07) is 18.4. The Morgan fingerprint density at radius 1 is 0.919 bits per heavy atom. The van der Waals surface area contributed by atoms with Crippen LogP contribution in [0.25, 0.3) is 33.3 Å². The van der Waals surface area contributed by atoms with Gasteiger partial charge in [0.05, 0.1) is 22.5 Å². The molecule has 0 aliphatic heterocycles. The van der Waals surface area contributed by atoms with Gasteiger partial charge < -0.3 is 10.1 Å². The molecule has 0 fully saturated rings. The predicted octanol–water partition coefficient (Wildman–Crippen LogP) is 5.23. The van der Waals surface area contributed by atoms with Gasteiger partial charge in [0, 0.05) is 25.1 Å². The normalized spacial score (nSPS) is 10.8. The Bertz CT molecular complexity index is 1460. The number of nitrogens with zero attached hydrogens (tertiary/aromatic N) is 5. The molecule has 0 radical (unpaired) electrons. The molecule has 3 heterocycles. The minimum atomic E-state index is 0.500. The van der Waals surface area contributed by atoms with Crippen LogP contribution in [0.4, 0.5) is 5.13 Å². The van der Waals surface area contributed by atoms with Crippen LogP contribution in [0.5, 0.6) is 5.75 Å². The van der Waals surface area contributed by atoms with Crippen molar-refractivity contribution in [3.63, 3.8) is 0 Å². The fourth-order valence-electron chi connectivity index (χ4n) is 3.88. The zero-order chi connectivity index (χ0) is 25.5. The van der Waals surface area contributed by atoms with E-state index >= 15 is 0 Å². The van der Waals surface area contributed by atoms with Gasteiger partial charge >= 0.3 is 0 Å². The molecular weight excluding hydrogens is 479 g/mol. The summed E-state index contributed by atoms with van der Waals surface area (Å²) in [6.07, 6.45) is 7.87. The molecule has 184 valence electrons. The second-order valence-electron chi connectivity index (χ2n) is 8.46. The van der Waals surface area contributed by atoms with Gasteiger partial charge in [-0.05, 0) is 35.7 Å². The van der Waals surface area contributed by atoms with Crippen molar-refractivity contribution in [2.45, 2.75) is 26.8 Å². The minimum Gasteiger partial charge on any atom is -0.489 e. The fraction of sp³-hybridized carbons (Fsp3) is 0.179. The lowest BCUT2D eigenvalue weighted by molar-refractivity contribution is 0.306. The van der Waals surface area contributed by atoms with Crippen molar-refractivity contribution in [2.75, 3.05) is 11.9 Å². The molecule has 5 aromatic rings. The number of rotatable bonds is 10. The first-order valence-electron chi connectivity index (χ1n) is 12.4. The summed E-state index contributed by atoms with van der Waals surface area (Å²) >= 11 is 1.58. The smallest absolute Gasteiger partial charge is 0.183 e. The topological polar surface area (TPSA) is 85.7 Å². The number of thiazole rings is 1. The van der Waals surface area contributed by atoms with Crippen LogP contribution in [-0.4, -0.2) is 38.7 Å². The summed E-state index contributed by atoms with van der Waals surface area (Å²) in [6.45, 7) is 5.65. The molecule has 0 atom stereocenters. The van der Waals surface area contributed by atoms with Crippen molar-refractivity contribution in [3.05, 3.63) is 84.9 Å². The highest BCUT2D eigenvalue weighted by atomic mass is 32.1. The molecule has 0 amide bonds. The molecule has 37 heavy (non-hydrogen) atoms. The second kappa shape index (κ2) is 11.8. The summed E-state index contributed by atoms with van der Waals surface area (Å²) in [5.74, 6) is 1.32. The Morgan fingerprint density at radius 2 is 1.78 bits per heavy atom. The third kappa shape index (κ3) is 6.01. The van der Waals surface area contributed by atoms with Crippen LogP contribution >= 0.6 is 11.3 Å². The first-order valence-corrected chi connectivity index (χ1v) is 13.2. The highest BCUT2D eigenvalue weighted by Gasteiger charge is 2.16. The van der Waals surface area contributed by atoms with E-state index < -0.39 is 0 Å². The van der Waals surface area contributed by atoms with Gasteiger partial charge in [-0.2, -0.15) is 0 Å². The zero-order valence-corrected chi connectivity index (χ0v) is 21.7. The van der Waals surface area contributed by atoms with Crippen molar-refractivity contribution >= 4 is 29.2 Å². The number of aromatic nitrogens is 5. The predicted molar refractivity (Wildman–Crippen MR) is 152 cm³/mol. The number of nitrogens with one attached hydrogen (secondary N) is 1. The van der Waals surface area contributed by atoms with Gasteiger partial charge in [0.1, 0.15) is 18.1 Å². The Balaban J connectivity index is 1.55. The maximum Gasteiger partial charge on any atom is 0.183 e. The summed E-state index contributed by atoms with van der Waals surface area (Å²) in [4.78, 5) is 23.9. The van der Waals surface area contributed by atoms with Gasteiger partial charge in [0.2, 0.25) is 0 Å². The number of hydrogen-bond acceptors (Lipinski definition) is 8. The number of hydrogen-bond donors (Lipinski definition) is 1. The maximum absolute atomic E-state index is 6.14. The Labute approximate surface area is 221 Å². The van der Waals surface area contributed by atoms with Crippen LogP contribution in [0.15, 0.2) is 79.4 Å². The van der Waals surface area contributed by atoms with Crippen LogP contribution in [0.3, 0.4) is 0 Å². The van der Waals surface area contributed by atoms with Gasteiger partial charge in [-0.25, -0.2) is 19.9 Å². The van der Waals surface area contributed by atoms with Crippen LogP contribution in [0.2, 0.25) is 6.82 Å². The highest BCUT2D eigenvalue weighted by molar-refractivity contribution is 7.18. The molecule has 1 N–H and O–H groups in total. The average molecular weight is 506 g/mol. The highest BCUT2D eigenvalue weighted by Crippen LogP contribution is 2.32. The molecule has 7 nitrogen and oxygen atoms in total. The molecule has 0 bridgehead atoms. The maximum atomic E-state index is 6.14. The van der Waals surface area contributed by atoms with Gasteiger partial charge in [-0.15, -0.1) is 0 Å². The van der Waals surface area contributed by atoms with Gasteiger partial charge in [-0.3, -0.25) is 4.98 Å². The number of anilines is 1. The molecule has 9 heteroatoms. The van der Waals surface area contributed by atoms with Crippen LogP contribution in [0, 0.1) is 0 Å². The SMILES string of the molecule is CBc1ccc(OCc2ccccc2)cc1-c1cc(-c2cnc(NCCC)s2)nc(-c2cnccn2)n1. The Kier molecular flexibility index (Phi) is 7.81. The quantitative estimate of drug-likeness (QED) is 0.260. The van der Waals surface area contributed by atoms with Crippen molar-refractivity contribution in [3.8, 4) is 39.1 Å². The lowest BCUT2D eigenvalue weighted by Crippen LogP contribution is -2.15. The first-order chi connectivity index (χ1) is 18.2. The first kappa shape index (κ1) is 24.6. The molecule has 0 aliphatic rings. The van der Waals surface area contributed by atoms with Crippen molar-refractivity contribution in [2.24, 2.45) is 0 Å². The van der Waals surface area contributed by atoms with Crippen molar-refractivity contribution in [1.82, 2.24) is 24.9 Å². The summed E-state index contributed by atoms with van der Waals surface area (Å²) in [5, 5.41) is 4.23.